The summed E-state index contributed by atoms with van der Waals surface area (Å²) >= 11 is 0. The molecule has 3 N–H and O–H groups in total. The van der Waals surface area contributed by atoms with Crippen LogP contribution in [0.15, 0.2) is 72.8 Å². The van der Waals surface area contributed by atoms with Crippen molar-refractivity contribution < 1.29 is 23.1 Å². The van der Waals surface area contributed by atoms with Gasteiger partial charge >= 0.3 is 0 Å². The van der Waals surface area contributed by atoms with Crippen LogP contribution < -0.4 is 10.2 Å². The SMILES string of the molecule is CC(F)(F)C(O)N[C@H]1CC(=O)N(c2ccc3c(-c4ccc(F)cc4)n[nH]c3c2)C1c1ccccc1. The summed E-state index contributed by atoms with van der Waals surface area (Å²) in [6, 6.07) is 19.1. The topological polar surface area (TPSA) is 81.2 Å². The molecule has 0 spiro atoms. The van der Waals surface area contributed by atoms with E-state index in [1.54, 1.807) is 29.2 Å². The molecule has 0 bridgehead atoms. The first kappa shape index (κ1) is 23.1. The maximum absolute atomic E-state index is 13.7. The van der Waals surface area contributed by atoms with Crippen LogP contribution in [0.5, 0.6) is 0 Å². The quantitative estimate of drug-likeness (QED) is 0.347. The summed E-state index contributed by atoms with van der Waals surface area (Å²) in [6.07, 6.45) is -2.16. The molecular formula is C26H23F3N4O2. The van der Waals surface area contributed by atoms with Crippen molar-refractivity contribution in [3.8, 4) is 11.3 Å². The monoisotopic (exact) mass is 480 g/mol. The van der Waals surface area contributed by atoms with Crippen LogP contribution in [-0.2, 0) is 4.79 Å². The molecule has 0 radical (unpaired) electrons. The molecule has 1 fully saturated rings. The third-order valence-electron chi connectivity index (χ3n) is 6.26. The lowest BCUT2D eigenvalue weighted by Crippen LogP contribution is -2.49. The molecule has 9 heteroatoms. The normalized spacial score (nSPS) is 19.5. The summed E-state index contributed by atoms with van der Waals surface area (Å²) in [5.41, 5.74) is 3.36. The zero-order valence-corrected chi connectivity index (χ0v) is 18.8. The molecule has 5 rings (SSSR count). The fourth-order valence-corrected chi connectivity index (χ4v) is 4.55. The van der Waals surface area contributed by atoms with Gasteiger partial charge in [-0.25, -0.2) is 13.2 Å². The van der Waals surface area contributed by atoms with Gasteiger partial charge in [-0.2, -0.15) is 5.10 Å². The molecule has 0 aliphatic carbocycles. The number of carbonyl (C=O) groups is 1. The Morgan fingerprint density at radius 1 is 1.11 bits per heavy atom. The average Bonchev–Trinajstić information content (AvgIpc) is 3.39. The minimum Gasteiger partial charge on any atom is -0.372 e. The van der Waals surface area contributed by atoms with Gasteiger partial charge in [0, 0.05) is 36.0 Å². The van der Waals surface area contributed by atoms with Gasteiger partial charge in [0.2, 0.25) is 5.91 Å². The molecule has 1 aliphatic heterocycles. The number of fused-ring (bicyclic) bond motifs is 1. The van der Waals surface area contributed by atoms with Crippen molar-refractivity contribution in [2.75, 3.05) is 4.90 Å². The molecule has 180 valence electrons. The lowest BCUT2D eigenvalue weighted by Gasteiger charge is -2.31. The van der Waals surface area contributed by atoms with E-state index in [1.165, 1.54) is 12.1 Å². The first-order valence-corrected chi connectivity index (χ1v) is 11.2. The van der Waals surface area contributed by atoms with Gasteiger partial charge in [-0.1, -0.05) is 30.3 Å². The van der Waals surface area contributed by atoms with Crippen molar-refractivity contribution in [3.05, 3.63) is 84.2 Å². The van der Waals surface area contributed by atoms with E-state index in [-0.39, 0.29) is 18.1 Å². The van der Waals surface area contributed by atoms with E-state index in [9.17, 15) is 23.1 Å². The molecule has 2 heterocycles. The van der Waals surface area contributed by atoms with E-state index in [2.05, 4.69) is 15.5 Å². The molecule has 4 aromatic rings. The number of nitrogens with zero attached hydrogens (tertiary/aromatic N) is 2. The molecule has 1 aromatic heterocycles. The Hall–Kier alpha value is -3.69. The fourth-order valence-electron chi connectivity index (χ4n) is 4.55. The number of aromatic amines is 1. The highest BCUT2D eigenvalue weighted by Gasteiger charge is 2.45. The van der Waals surface area contributed by atoms with Crippen LogP contribution in [0.3, 0.4) is 0 Å². The number of nitrogens with one attached hydrogen (secondary N) is 2. The Morgan fingerprint density at radius 3 is 2.51 bits per heavy atom. The van der Waals surface area contributed by atoms with Crippen molar-refractivity contribution in [2.24, 2.45) is 0 Å². The molecule has 3 atom stereocenters. The van der Waals surface area contributed by atoms with Crippen LogP contribution in [0, 0.1) is 5.82 Å². The Morgan fingerprint density at radius 2 is 1.83 bits per heavy atom. The van der Waals surface area contributed by atoms with Crippen LogP contribution in [0.1, 0.15) is 24.9 Å². The number of rotatable bonds is 6. The number of alkyl halides is 2. The first-order valence-electron chi connectivity index (χ1n) is 11.2. The average molecular weight is 480 g/mol. The Bertz CT molecular complexity index is 1350. The number of carbonyl (C=O) groups excluding carboxylic acids is 1. The van der Waals surface area contributed by atoms with E-state index >= 15 is 0 Å². The smallest absolute Gasteiger partial charge is 0.283 e. The van der Waals surface area contributed by atoms with E-state index in [4.69, 9.17) is 0 Å². The number of aromatic nitrogens is 2. The number of hydrogen-bond acceptors (Lipinski definition) is 4. The van der Waals surface area contributed by atoms with Gasteiger partial charge < -0.3 is 10.0 Å². The summed E-state index contributed by atoms with van der Waals surface area (Å²) in [4.78, 5) is 14.7. The molecule has 1 saturated heterocycles. The second-order valence-corrected chi connectivity index (χ2v) is 8.76. The van der Waals surface area contributed by atoms with Gasteiger partial charge in [-0.15, -0.1) is 0 Å². The zero-order chi connectivity index (χ0) is 24.7. The van der Waals surface area contributed by atoms with Crippen molar-refractivity contribution >= 4 is 22.5 Å². The predicted octanol–water partition coefficient (Wildman–Crippen LogP) is 4.78. The Balaban J connectivity index is 1.53. The van der Waals surface area contributed by atoms with Crippen LogP contribution in [0.4, 0.5) is 18.9 Å². The largest absolute Gasteiger partial charge is 0.372 e. The van der Waals surface area contributed by atoms with Gasteiger partial charge in [-0.3, -0.25) is 15.2 Å². The van der Waals surface area contributed by atoms with Crippen LogP contribution in [-0.4, -0.2) is 39.4 Å². The number of H-pyrrole nitrogens is 1. The second-order valence-electron chi connectivity index (χ2n) is 8.76. The molecule has 1 amide bonds. The highest BCUT2D eigenvalue weighted by molar-refractivity contribution is 6.01. The Kier molecular flexibility index (Phi) is 5.82. The molecular weight excluding hydrogens is 457 g/mol. The standard InChI is InChI=1S/C26H23F3N4O2/c1-26(28,29)25(35)30-21-14-22(34)33(24(21)16-5-3-2-4-6-16)18-11-12-19-20(13-18)31-32-23(19)15-7-9-17(27)10-8-15/h2-13,21,24-25,30,35H,14H2,1H3,(H,31,32)/t21-,24?,25?/m0/s1. The van der Waals surface area contributed by atoms with Crippen LogP contribution in [0.2, 0.25) is 0 Å². The van der Waals surface area contributed by atoms with Gasteiger partial charge in [0.25, 0.3) is 5.92 Å². The number of aliphatic hydroxyl groups excluding tert-OH is 1. The third kappa shape index (κ3) is 4.40. The van der Waals surface area contributed by atoms with Crippen molar-refractivity contribution in [2.45, 2.75) is 37.6 Å². The minimum atomic E-state index is -3.37. The van der Waals surface area contributed by atoms with Crippen molar-refractivity contribution in [3.63, 3.8) is 0 Å². The maximum atomic E-state index is 13.7. The summed E-state index contributed by atoms with van der Waals surface area (Å²) in [7, 11) is 0. The number of aliphatic hydroxyl groups is 1. The van der Waals surface area contributed by atoms with Gasteiger partial charge in [0.15, 0.2) is 6.23 Å². The number of anilines is 1. The first-order chi connectivity index (χ1) is 16.7. The number of amides is 1. The number of hydrogen-bond donors (Lipinski definition) is 3. The maximum Gasteiger partial charge on any atom is 0.283 e. The van der Waals surface area contributed by atoms with Crippen molar-refractivity contribution in [1.82, 2.24) is 15.5 Å². The van der Waals surface area contributed by atoms with Crippen LogP contribution in [0.25, 0.3) is 22.2 Å². The number of benzene rings is 3. The molecule has 1 aliphatic rings. The van der Waals surface area contributed by atoms with Crippen molar-refractivity contribution in [1.29, 1.82) is 0 Å². The van der Waals surface area contributed by atoms with E-state index in [0.29, 0.717) is 23.8 Å². The highest BCUT2D eigenvalue weighted by Crippen LogP contribution is 2.39. The zero-order valence-electron chi connectivity index (χ0n) is 18.8. The predicted molar refractivity (Wildman–Crippen MR) is 126 cm³/mol. The summed E-state index contributed by atoms with van der Waals surface area (Å²) < 4.78 is 40.8. The lowest BCUT2D eigenvalue weighted by molar-refractivity contribution is -0.119. The summed E-state index contributed by atoms with van der Waals surface area (Å²) in [6.45, 7) is 0.627. The van der Waals surface area contributed by atoms with E-state index in [0.717, 1.165) is 16.5 Å². The molecule has 2 unspecified atom stereocenters. The molecule has 35 heavy (non-hydrogen) atoms. The summed E-state index contributed by atoms with van der Waals surface area (Å²) in [5.74, 6) is -3.98. The van der Waals surface area contributed by atoms with Gasteiger partial charge in [0.1, 0.15) is 5.82 Å². The van der Waals surface area contributed by atoms with Gasteiger partial charge in [0.05, 0.1) is 17.3 Å². The highest BCUT2D eigenvalue weighted by atomic mass is 19.3. The third-order valence-corrected chi connectivity index (χ3v) is 6.26. The molecule has 0 saturated carbocycles. The Labute approximate surface area is 199 Å². The summed E-state index contributed by atoms with van der Waals surface area (Å²) in [5, 5.41) is 20.7. The number of halogens is 3. The van der Waals surface area contributed by atoms with Gasteiger partial charge in [-0.05, 0) is 48.0 Å². The molecule has 6 nitrogen and oxygen atoms in total. The second kappa shape index (κ2) is 8.83. The minimum absolute atomic E-state index is 0.0610. The van der Waals surface area contributed by atoms with E-state index in [1.807, 2.05) is 36.4 Å². The lowest BCUT2D eigenvalue weighted by atomic mass is 9.99. The van der Waals surface area contributed by atoms with E-state index < -0.39 is 24.2 Å². The van der Waals surface area contributed by atoms with Crippen LogP contribution >= 0.6 is 0 Å². The fraction of sp³-hybridized carbons (Fsp3) is 0.231. The molecule has 3 aromatic carbocycles.